The van der Waals surface area contributed by atoms with Gasteiger partial charge in [0.05, 0.1) is 11.1 Å². The van der Waals surface area contributed by atoms with E-state index in [2.05, 4.69) is 532 Å². The Morgan fingerprint density at radius 3 is 1.35 bits per heavy atom. The van der Waals surface area contributed by atoms with Crippen LogP contribution in [0.2, 0.25) is 0 Å². The molecule has 0 spiro atoms. The number of para-hydroxylation sites is 5. The summed E-state index contributed by atoms with van der Waals surface area (Å²) in [6.07, 6.45) is 0. The van der Waals surface area contributed by atoms with Crippen molar-refractivity contribution in [1.29, 1.82) is 0 Å². The van der Waals surface area contributed by atoms with E-state index in [1.807, 2.05) is 34.8 Å². The van der Waals surface area contributed by atoms with Crippen LogP contribution in [0.25, 0.3) is 161 Å². The van der Waals surface area contributed by atoms with Gasteiger partial charge in [-0.3, -0.25) is 0 Å². The van der Waals surface area contributed by atoms with Gasteiger partial charge in [-0.25, -0.2) is 0 Å². The molecule has 0 saturated carbocycles. The Morgan fingerprint density at radius 1 is 0.214 bits per heavy atom. The number of rotatable bonds is 14. The Bertz CT molecular complexity index is 9240. The largest absolute Gasteiger partial charge is 0.455 e. The highest BCUT2D eigenvalue weighted by atomic mass is 32.1. The second kappa shape index (κ2) is 34.5. The minimum absolute atomic E-state index is 0.113. The van der Waals surface area contributed by atoms with Crippen LogP contribution in [0.5, 0.6) is 0 Å². The molecule has 0 atom stereocenters. The third kappa shape index (κ3) is 14.1. The average Bonchev–Trinajstić information content (AvgIpc) is 1.53. The monoisotopic (exact) mass is 1820 g/mol. The third-order valence-electron chi connectivity index (χ3n) is 29.0. The second-order valence-electron chi connectivity index (χ2n) is 37.2. The van der Waals surface area contributed by atoms with Crippen LogP contribution in [-0.4, -0.2) is 0 Å². The lowest BCUT2D eigenvalue weighted by molar-refractivity contribution is 0.666. The SMILES string of the molecule is CC1(C)c2cc(N(c3ccccc3)c3ccc(-c4ccc5sc6ccccc6c5c4)cc3)ccc2-c2ccc3ccccc3c21.c1ccc(N(c2ccc(-c3cccc4c3-c3ccc5ccccc5c3C4(c3ccccc3)c3ccccc3)cc2)c2cccc3ccccc23)cc1.c1ccc(N(c2cccc(-c3cccc4c3oc3ccccc34)c2)c2ccc3c(c2)sc2c4ccccc4ccc32)cc1. The van der Waals surface area contributed by atoms with E-state index in [4.69, 9.17) is 4.42 Å². The number of anilines is 9. The van der Waals surface area contributed by atoms with Crippen molar-refractivity contribution >= 4 is 179 Å². The standard InChI is InChI=1S/C51H35N.C43H31NS.C40H25NOS/c1-4-19-39(20-5-1)51(40-21-6-2-7-22-40)47-28-15-27-44(49(47)46-35-32-37-17-11-13-26-45(37)50(46)51)38-30-33-42(34-31-38)52(41-23-8-3-9-24-41)48-29-14-18-36-16-10-12-25-43(36)48;1-43(2)39-27-33(22-24-35(39)37-23-18-29-10-6-7-13-34(29)42(37)43)44(31-11-4-3-5-12-31)32-20-16-28(17-21-32)30-19-25-41-38(26-30)36-14-8-9-15-40(36)45-41;1-2-12-28(13-3-1)41(30-21-23-34-36-22-20-26-10-4-5-15-32(26)40(36)43-38(34)25-30)29-14-8-11-27(24-29)31-17-9-18-35-33-16-6-7-19-37(33)42-39(31)35/h1-35H;3-27H,1-2H3;1-25H. The molecule has 4 nitrogen and oxygen atoms in total. The molecule has 6 heteroatoms. The Balaban J connectivity index is 0.000000109. The summed E-state index contributed by atoms with van der Waals surface area (Å²) in [4.78, 5) is 7.11. The maximum absolute atomic E-state index is 6.40. The number of benzene rings is 23. The van der Waals surface area contributed by atoms with E-state index in [0.29, 0.717) is 0 Å². The van der Waals surface area contributed by atoms with Crippen LogP contribution >= 0.6 is 22.7 Å². The molecule has 28 rings (SSSR count). The first kappa shape index (κ1) is 83.3. The molecular formula is C134H91N3OS2. The fraction of sp³-hybridized carbons (Fsp3) is 0.0299. The summed E-state index contributed by atoms with van der Waals surface area (Å²) in [5.41, 5.74) is 31.9. The molecule has 0 aliphatic heterocycles. The molecule has 0 saturated heterocycles. The molecule has 3 aromatic heterocycles. The van der Waals surface area contributed by atoms with E-state index in [9.17, 15) is 0 Å². The maximum Gasteiger partial charge on any atom is 0.143 e. The van der Waals surface area contributed by atoms with Crippen LogP contribution in [0.1, 0.15) is 47.2 Å². The van der Waals surface area contributed by atoms with Gasteiger partial charge in [0, 0.05) is 113 Å². The van der Waals surface area contributed by atoms with Gasteiger partial charge >= 0.3 is 0 Å². The molecule has 3 heterocycles. The van der Waals surface area contributed by atoms with Crippen molar-refractivity contribution in [3.63, 3.8) is 0 Å². The van der Waals surface area contributed by atoms with E-state index >= 15 is 0 Å². The van der Waals surface area contributed by atoms with Gasteiger partial charge in [-0.15, -0.1) is 22.7 Å². The highest BCUT2D eigenvalue weighted by Gasteiger charge is 2.48. The predicted molar refractivity (Wildman–Crippen MR) is 598 cm³/mol. The summed E-state index contributed by atoms with van der Waals surface area (Å²) < 4.78 is 11.7. The van der Waals surface area contributed by atoms with Gasteiger partial charge in [-0.1, -0.05) is 402 Å². The van der Waals surface area contributed by atoms with Gasteiger partial charge < -0.3 is 19.1 Å². The summed E-state index contributed by atoms with van der Waals surface area (Å²) in [7, 11) is 0. The van der Waals surface area contributed by atoms with Gasteiger partial charge in [-0.2, -0.15) is 0 Å². The molecule has 0 radical (unpaired) electrons. The topological polar surface area (TPSA) is 22.9 Å². The summed E-state index contributed by atoms with van der Waals surface area (Å²) in [6.45, 7) is 4.76. The second-order valence-corrected chi connectivity index (χ2v) is 39.3. The maximum atomic E-state index is 6.40. The zero-order chi connectivity index (χ0) is 92.9. The van der Waals surface area contributed by atoms with E-state index in [1.165, 1.54) is 167 Å². The Morgan fingerprint density at radius 2 is 0.657 bits per heavy atom. The number of nitrogens with zero attached hydrogens (tertiary/aromatic N) is 3. The Kier molecular flexibility index (Phi) is 20.5. The summed E-state index contributed by atoms with van der Waals surface area (Å²) in [5.74, 6) is 0. The molecule has 660 valence electrons. The lowest BCUT2D eigenvalue weighted by Gasteiger charge is -2.34. The predicted octanol–water partition coefficient (Wildman–Crippen LogP) is 38.4. The first-order valence-electron chi connectivity index (χ1n) is 48.1. The van der Waals surface area contributed by atoms with Crippen LogP contribution < -0.4 is 14.7 Å². The first-order chi connectivity index (χ1) is 69.2. The third-order valence-corrected chi connectivity index (χ3v) is 31.3. The van der Waals surface area contributed by atoms with Gasteiger partial charge in [0.2, 0.25) is 0 Å². The van der Waals surface area contributed by atoms with E-state index < -0.39 is 5.41 Å². The van der Waals surface area contributed by atoms with Crippen molar-refractivity contribution in [1.82, 2.24) is 0 Å². The summed E-state index contributed by atoms with van der Waals surface area (Å²) in [5, 5.41) is 17.8. The first-order valence-corrected chi connectivity index (χ1v) is 49.8. The van der Waals surface area contributed by atoms with Gasteiger partial charge in [0.1, 0.15) is 11.2 Å². The normalized spacial score (nSPS) is 12.6. The zero-order valence-electron chi connectivity index (χ0n) is 77.1. The van der Waals surface area contributed by atoms with Crippen LogP contribution in [0.4, 0.5) is 51.2 Å². The Hall–Kier alpha value is -17.3. The Labute approximate surface area is 821 Å². The van der Waals surface area contributed by atoms with Crippen molar-refractivity contribution in [3.05, 3.63) is 549 Å². The van der Waals surface area contributed by atoms with E-state index in [-0.39, 0.29) is 5.41 Å². The quantitative estimate of drug-likeness (QED) is 0.108. The molecular weight excluding hydrogens is 1730 g/mol. The molecule has 0 fully saturated rings. The number of fused-ring (bicyclic) bond motifs is 22. The van der Waals surface area contributed by atoms with Crippen molar-refractivity contribution < 1.29 is 4.42 Å². The van der Waals surface area contributed by atoms with Gasteiger partial charge in [0.15, 0.2) is 0 Å². The van der Waals surface area contributed by atoms with Crippen LogP contribution in [0.3, 0.4) is 0 Å². The zero-order valence-corrected chi connectivity index (χ0v) is 78.8. The minimum atomic E-state index is -0.484. The van der Waals surface area contributed by atoms with E-state index in [0.717, 1.165) is 78.6 Å². The number of thiophene rings is 2. The number of hydrogen-bond acceptors (Lipinski definition) is 6. The van der Waals surface area contributed by atoms with Gasteiger partial charge in [0.25, 0.3) is 0 Å². The highest BCUT2D eigenvalue weighted by molar-refractivity contribution is 7.27. The molecule has 2 aliphatic rings. The van der Waals surface area contributed by atoms with Crippen molar-refractivity contribution in [2.24, 2.45) is 0 Å². The molecule has 26 aromatic rings. The van der Waals surface area contributed by atoms with E-state index in [1.54, 1.807) is 0 Å². The summed E-state index contributed by atoms with van der Waals surface area (Å²) in [6, 6.07) is 188. The van der Waals surface area contributed by atoms with Crippen molar-refractivity contribution in [3.8, 4) is 55.6 Å². The summed E-state index contributed by atoms with van der Waals surface area (Å²) >= 11 is 3.74. The molecule has 0 bridgehead atoms. The highest BCUT2D eigenvalue weighted by Crippen LogP contribution is 2.61. The number of furan rings is 1. The van der Waals surface area contributed by atoms with Crippen LogP contribution in [-0.2, 0) is 10.8 Å². The molecule has 0 unspecified atom stereocenters. The fourth-order valence-electron chi connectivity index (χ4n) is 22.7. The van der Waals surface area contributed by atoms with Crippen LogP contribution in [0, 0.1) is 0 Å². The molecule has 23 aromatic carbocycles. The van der Waals surface area contributed by atoms with Gasteiger partial charge in [-0.05, 0) is 249 Å². The fourth-order valence-corrected chi connectivity index (χ4v) is 25.0. The molecule has 140 heavy (non-hydrogen) atoms. The lowest BCUT2D eigenvalue weighted by Crippen LogP contribution is -2.28. The minimum Gasteiger partial charge on any atom is -0.455 e. The smallest absolute Gasteiger partial charge is 0.143 e. The average molecular weight is 1820 g/mol. The molecule has 0 N–H and O–H groups in total. The van der Waals surface area contributed by atoms with Crippen LogP contribution in [0.15, 0.2) is 520 Å². The molecule has 0 amide bonds. The lowest BCUT2D eigenvalue weighted by atomic mass is 9.66. The van der Waals surface area contributed by atoms with Crippen molar-refractivity contribution in [2.45, 2.75) is 24.7 Å². The number of hydrogen-bond donors (Lipinski definition) is 0. The molecule has 2 aliphatic carbocycles. The van der Waals surface area contributed by atoms with Crippen molar-refractivity contribution in [2.75, 3.05) is 14.7 Å².